The first-order chi connectivity index (χ1) is 8.16. The molecule has 1 aromatic carbocycles. The molecule has 4 nitrogen and oxygen atoms in total. The van der Waals surface area contributed by atoms with Crippen molar-refractivity contribution in [1.29, 1.82) is 0 Å². The predicted octanol–water partition coefficient (Wildman–Crippen LogP) is 1.62. The van der Waals surface area contributed by atoms with E-state index in [1.807, 2.05) is 26.0 Å². The van der Waals surface area contributed by atoms with Crippen molar-refractivity contribution in [2.75, 3.05) is 12.0 Å². The normalized spacial score (nSPS) is 14.9. The van der Waals surface area contributed by atoms with Crippen LogP contribution in [0, 0.1) is 13.8 Å². The summed E-state index contributed by atoms with van der Waals surface area (Å²) in [6.45, 7) is 4.78. The SMILES string of the molecule is Cc1ccc(C)c(NNC2=CCCNC2=O)c1. The van der Waals surface area contributed by atoms with Crippen LogP contribution in [0.1, 0.15) is 17.5 Å². The summed E-state index contributed by atoms with van der Waals surface area (Å²) >= 11 is 0. The van der Waals surface area contributed by atoms with Gasteiger partial charge in [-0.2, -0.15) is 0 Å². The number of hydrogen-bond acceptors (Lipinski definition) is 3. The smallest absolute Gasteiger partial charge is 0.268 e. The third-order valence-electron chi connectivity index (χ3n) is 2.75. The van der Waals surface area contributed by atoms with Crippen molar-refractivity contribution in [2.24, 2.45) is 0 Å². The van der Waals surface area contributed by atoms with Crippen LogP contribution in [0.25, 0.3) is 0 Å². The Bertz CT molecular complexity index is 466. The lowest BCUT2D eigenvalue weighted by molar-refractivity contribution is -0.118. The van der Waals surface area contributed by atoms with Crippen LogP contribution in [0.5, 0.6) is 0 Å². The number of nitrogens with one attached hydrogen (secondary N) is 3. The second kappa shape index (κ2) is 4.91. The maximum absolute atomic E-state index is 11.5. The van der Waals surface area contributed by atoms with Crippen molar-refractivity contribution < 1.29 is 4.79 Å². The maximum Gasteiger partial charge on any atom is 0.268 e. The summed E-state index contributed by atoms with van der Waals surface area (Å²) in [5.41, 5.74) is 9.92. The van der Waals surface area contributed by atoms with E-state index in [0.717, 1.165) is 17.7 Å². The van der Waals surface area contributed by atoms with E-state index in [2.05, 4.69) is 28.3 Å². The van der Waals surface area contributed by atoms with Gasteiger partial charge < -0.3 is 10.7 Å². The maximum atomic E-state index is 11.5. The van der Waals surface area contributed by atoms with Gasteiger partial charge >= 0.3 is 0 Å². The molecule has 1 aliphatic rings. The van der Waals surface area contributed by atoms with Gasteiger partial charge in [-0.3, -0.25) is 10.2 Å². The van der Waals surface area contributed by atoms with Crippen LogP contribution in [0.4, 0.5) is 5.69 Å². The first-order valence-corrected chi connectivity index (χ1v) is 5.74. The van der Waals surface area contributed by atoms with Crippen LogP contribution in [-0.4, -0.2) is 12.5 Å². The molecule has 17 heavy (non-hydrogen) atoms. The zero-order chi connectivity index (χ0) is 12.3. The van der Waals surface area contributed by atoms with E-state index in [9.17, 15) is 4.79 Å². The quantitative estimate of drug-likeness (QED) is 0.693. The van der Waals surface area contributed by atoms with Crippen LogP contribution in [-0.2, 0) is 4.79 Å². The zero-order valence-corrected chi connectivity index (χ0v) is 10.1. The largest absolute Gasteiger partial charge is 0.350 e. The summed E-state index contributed by atoms with van der Waals surface area (Å²) in [5.74, 6) is -0.0611. The molecule has 0 unspecified atom stereocenters. The Morgan fingerprint density at radius 1 is 1.24 bits per heavy atom. The van der Waals surface area contributed by atoms with E-state index in [-0.39, 0.29) is 5.91 Å². The molecule has 1 amide bonds. The van der Waals surface area contributed by atoms with Crippen LogP contribution >= 0.6 is 0 Å². The Kier molecular flexibility index (Phi) is 3.32. The molecule has 0 saturated carbocycles. The minimum atomic E-state index is -0.0611. The van der Waals surface area contributed by atoms with E-state index in [0.29, 0.717) is 12.2 Å². The molecule has 0 saturated heterocycles. The molecular weight excluding hydrogens is 214 g/mol. The number of aryl methyl sites for hydroxylation is 2. The van der Waals surface area contributed by atoms with Crippen molar-refractivity contribution in [3.63, 3.8) is 0 Å². The number of hydrazine groups is 1. The van der Waals surface area contributed by atoms with Crippen molar-refractivity contribution in [1.82, 2.24) is 10.7 Å². The molecule has 1 heterocycles. The van der Waals surface area contributed by atoms with Gasteiger partial charge in [0.1, 0.15) is 5.70 Å². The van der Waals surface area contributed by atoms with E-state index in [1.54, 1.807) is 0 Å². The topological polar surface area (TPSA) is 53.2 Å². The molecule has 0 aliphatic carbocycles. The number of carbonyl (C=O) groups excluding carboxylic acids is 1. The molecule has 1 aliphatic heterocycles. The van der Waals surface area contributed by atoms with E-state index in [4.69, 9.17) is 0 Å². The Labute approximate surface area is 101 Å². The number of amides is 1. The van der Waals surface area contributed by atoms with Crippen molar-refractivity contribution in [3.8, 4) is 0 Å². The first kappa shape index (κ1) is 11.5. The molecule has 0 bridgehead atoms. The van der Waals surface area contributed by atoms with Gasteiger partial charge in [0.25, 0.3) is 5.91 Å². The molecule has 0 aromatic heterocycles. The van der Waals surface area contributed by atoms with Crippen molar-refractivity contribution in [3.05, 3.63) is 41.1 Å². The molecule has 90 valence electrons. The predicted molar refractivity (Wildman–Crippen MR) is 68.4 cm³/mol. The van der Waals surface area contributed by atoms with Gasteiger partial charge in [0, 0.05) is 6.54 Å². The number of anilines is 1. The third kappa shape index (κ3) is 2.78. The van der Waals surface area contributed by atoms with Gasteiger partial charge in [0.05, 0.1) is 5.69 Å². The van der Waals surface area contributed by atoms with Gasteiger partial charge in [-0.15, -0.1) is 0 Å². The fourth-order valence-electron chi connectivity index (χ4n) is 1.70. The lowest BCUT2D eigenvalue weighted by Crippen LogP contribution is -2.37. The number of rotatable bonds is 3. The second-order valence-corrected chi connectivity index (χ2v) is 4.23. The highest BCUT2D eigenvalue weighted by atomic mass is 16.2. The number of carbonyl (C=O) groups is 1. The molecule has 2 rings (SSSR count). The number of benzene rings is 1. The van der Waals surface area contributed by atoms with Gasteiger partial charge in [0.15, 0.2) is 0 Å². The molecule has 0 fully saturated rings. The van der Waals surface area contributed by atoms with Crippen LogP contribution in [0.3, 0.4) is 0 Å². The highest BCUT2D eigenvalue weighted by Crippen LogP contribution is 2.15. The minimum Gasteiger partial charge on any atom is -0.350 e. The van der Waals surface area contributed by atoms with Gasteiger partial charge in [-0.25, -0.2) is 0 Å². The van der Waals surface area contributed by atoms with Crippen molar-refractivity contribution in [2.45, 2.75) is 20.3 Å². The van der Waals surface area contributed by atoms with Gasteiger partial charge in [-0.05, 0) is 37.5 Å². The van der Waals surface area contributed by atoms with Gasteiger partial charge in [0.2, 0.25) is 0 Å². The van der Waals surface area contributed by atoms with Gasteiger partial charge in [-0.1, -0.05) is 18.2 Å². The summed E-state index contributed by atoms with van der Waals surface area (Å²) in [7, 11) is 0. The summed E-state index contributed by atoms with van der Waals surface area (Å²) < 4.78 is 0. The molecule has 3 N–H and O–H groups in total. The fraction of sp³-hybridized carbons (Fsp3) is 0.308. The highest BCUT2D eigenvalue weighted by molar-refractivity contribution is 5.93. The van der Waals surface area contributed by atoms with Crippen LogP contribution in [0.15, 0.2) is 30.0 Å². The molecule has 0 radical (unpaired) electrons. The Hall–Kier alpha value is -1.97. The highest BCUT2D eigenvalue weighted by Gasteiger charge is 2.12. The van der Waals surface area contributed by atoms with Crippen molar-refractivity contribution >= 4 is 11.6 Å². The Morgan fingerprint density at radius 2 is 2.06 bits per heavy atom. The molecular formula is C13H17N3O. The number of hydrogen-bond donors (Lipinski definition) is 3. The average Bonchev–Trinajstić information content (AvgIpc) is 2.32. The third-order valence-corrected chi connectivity index (χ3v) is 2.75. The van der Waals surface area contributed by atoms with E-state index < -0.39 is 0 Å². The molecule has 1 aromatic rings. The lowest BCUT2D eigenvalue weighted by atomic mass is 10.1. The summed E-state index contributed by atoms with van der Waals surface area (Å²) in [5, 5.41) is 2.78. The Balaban J connectivity index is 2.04. The second-order valence-electron chi connectivity index (χ2n) is 4.23. The first-order valence-electron chi connectivity index (χ1n) is 5.74. The monoisotopic (exact) mass is 231 g/mol. The summed E-state index contributed by atoms with van der Waals surface area (Å²) in [6.07, 6.45) is 2.76. The Morgan fingerprint density at radius 3 is 2.82 bits per heavy atom. The minimum absolute atomic E-state index is 0.0611. The molecule has 0 spiro atoms. The zero-order valence-electron chi connectivity index (χ0n) is 10.1. The van der Waals surface area contributed by atoms with E-state index >= 15 is 0 Å². The standard InChI is InChI=1S/C13H17N3O/c1-9-5-6-10(2)12(8-9)16-15-11-4-3-7-14-13(11)17/h4-6,8,15-16H,3,7H2,1-2H3,(H,14,17). The van der Waals surface area contributed by atoms with Crippen LogP contribution in [0.2, 0.25) is 0 Å². The summed E-state index contributed by atoms with van der Waals surface area (Å²) in [6, 6.07) is 6.16. The average molecular weight is 231 g/mol. The molecule has 0 atom stereocenters. The fourth-order valence-corrected chi connectivity index (χ4v) is 1.70. The molecule has 4 heteroatoms. The lowest BCUT2D eigenvalue weighted by Gasteiger charge is -2.17. The van der Waals surface area contributed by atoms with Crippen LogP contribution < -0.4 is 16.2 Å². The summed E-state index contributed by atoms with van der Waals surface area (Å²) in [4.78, 5) is 11.5. The van der Waals surface area contributed by atoms with E-state index in [1.165, 1.54) is 5.56 Å².